The van der Waals surface area contributed by atoms with Gasteiger partial charge in [-0.1, -0.05) is 18.2 Å². The van der Waals surface area contributed by atoms with Crippen LogP contribution in [-0.4, -0.2) is 61.2 Å². The van der Waals surface area contributed by atoms with Crippen LogP contribution in [0.3, 0.4) is 0 Å². The van der Waals surface area contributed by atoms with E-state index in [1.807, 2.05) is 26.8 Å². The van der Waals surface area contributed by atoms with E-state index in [0.717, 1.165) is 5.39 Å². The van der Waals surface area contributed by atoms with Gasteiger partial charge in [-0.2, -0.15) is 13.2 Å². The lowest BCUT2D eigenvalue weighted by molar-refractivity contribution is -0.183. The number of nitrogens with zero attached hydrogens (tertiary/aromatic N) is 5. The molecule has 0 bridgehead atoms. The van der Waals surface area contributed by atoms with Crippen molar-refractivity contribution >= 4 is 22.5 Å². The SMILES string of the molecule is CC(C)(C)NC(=O)c1ccc2ccc(-c3nnc4ccc([C@@H](N5CC[C@@H](N)C5)C(F)(F)F)cn34)nc2c1. The third-order valence-electron chi connectivity index (χ3n) is 6.34. The Balaban J connectivity index is 1.54. The van der Waals surface area contributed by atoms with E-state index in [4.69, 9.17) is 5.73 Å². The number of amides is 1. The van der Waals surface area contributed by atoms with Gasteiger partial charge in [0.2, 0.25) is 0 Å². The second kappa shape index (κ2) is 9.07. The third-order valence-corrected chi connectivity index (χ3v) is 6.34. The van der Waals surface area contributed by atoms with Gasteiger partial charge >= 0.3 is 6.18 Å². The number of fused-ring (bicyclic) bond motifs is 2. The molecule has 3 aromatic heterocycles. The molecule has 8 nitrogen and oxygen atoms in total. The zero-order valence-corrected chi connectivity index (χ0v) is 20.8. The van der Waals surface area contributed by atoms with Crippen molar-refractivity contribution in [2.75, 3.05) is 13.1 Å². The van der Waals surface area contributed by atoms with Gasteiger partial charge in [-0.25, -0.2) is 4.98 Å². The van der Waals surface area contributed by atoms with Gasteiger partial charge in [-0.3, -0.25) is 14.1 Å². The topological polar surface area (TPSA) is 101 Å². The Labute approximate surface area is 211 Å². The molecule has 4 heterocycles. The van der Waals surface area contributed by atoms with Crippen molar-refractivity contribution in [3.05, 3.63) is 59.8 Å². The van der Waals surface area contributed by atoms with Crippen LogP contribution in [0.2, 0.25) is 0 Å². The molecule has 0 radical (unpaired) electrons. The molecule has 0 unspecified atom stereocenters. The van der Waals surface area contributed by atoms with Crippen LogP contribution in [0.15, 0.2) is 48.7 Å². The fraction of sp³-hybridized carbons (Fsp3) is 0.385. The highest BCUT2D eigenvalue weighted by molar-refractivity contribution is 5.98. The minimum atomic E-state index is -4.48. The number of benzene rings is 1. The lowest BCUT2D eigenvalue weighted by Gasteiger charge is -2.30. The Bertz CT molecular complexity index is 1470. The molecular formula is C26H28F3N7O. The first-order valence-electron chi connectivity index (χ1n) is 12.0. The number of aromatic nitrogens is 4. The monoisotopic (exact) mass is 511 g/mol. The van der Waals surface area contributed by atoms with E-state index >= 15 is 0 Å². The molecule has 194 valence electrons. The summed E-state index contributed by atoms with van der Waals surface area (Å²) in [5.41, 5.74) is 7.43. The smallest absolute Gasteiger partial charge is 0.347 e. The number of likely N-dealkylation sites (tertiary alicyclic amines) is 1. The van der Waals surface area contributed by atoms with Gasteiger partial charge in [0, 0.05) is 41.8 Å². The third kappa shape index (κ3) is 5.14. The minimum Gasteiger partial charge on any atom is -0.347 e. The fourth-order valence-corrected chi connectivity index (χ4v) is 4.70. The molecular weight excluding hydrogens is 483 g/mol. The van der Waals surface area contributed by atoms with Crippen molar-refractivity contribution < 1.29 is 18.0 Å². The lowest BCUT2D eigenvalue weighted by atomic mass is 10.1. The Morgan fingerprint density at radius 3 is 2.54 bits per heavy atom. The number of hydrogen-bond acceptors (Lipinski definition) is 6. The van der Waals surface area contributed by atoms with Gasteiger partial charge in [0.15, 0.2) is 11.5 Å². The summed E-state index contributed by atoms with van der Waals surface area (Å²) in [5.74, 6) is 0.0846. The normalized spacial score (nSPS) is 18.0. The molecule has 0 aliphatic carbocycles. The Hall–Kier alpha value is -3.57. The summed E-state index contributed by atoms with van der Waals surface area (Å²) in [6.07, 6.45) is -2.54. The van der Waals surface area contributed by atoms with Crippen molar-refractivity contribution in [2.24, 2.45) is 5.73 Å². The molecule has 0 saturated carbocycles. The number of alkyl halides is 3. The number of carbonyl (C=O) groups excluding carboxylic acids is 1. The van der Waals surface area contributed by atoms with Crippen LogP contribution in [-0.2, 0) is 0 Å². The molecule has 1 fully saturated rings. The highest BCUT2D eigenvalue weighted by Gasteiger charge is 2.46. The first kappa shape index (κ1) is 25.1. The van der Waals surface area contributed by atoms with Crippen LogP contribution in [0.5, 0.6) is 0 Å². The number of carbonyl (C=O) groups is 1. The number of rotatable bonds is 4. The average Bonchev–Trinajstić information content (AvgIpc) is 3.42. The van der Waals surface area contributed by atoms with E-state index in [1.165, 1.54) is 27.6 Å². The quantitative estimate of drug-likeness (QED) is 0.428. The summed E-state index contributed by atoms with van der Waals surface area (Å²) in [6, 6.07) is 9.68. The first-order chi connectivity index (χ1) is 17.4. The summed E-state index contributed by atoms with van der Waals surface area (Å²) in [6.45, 7) is 6.14. The average molecular weight is 512 g/mol. The molecule has 37 heavy (non-hydrogen) atoms. The maximum atomic E-state index is 14.1. The molecule has 2 atom stereocenters. The molecule has 4 aromatic rings. The molecule has 1 saturated heterocycles. The van der Waals surface area contributed by atoms with Gasteiger partial charge in [-0.15, -0.1) is 10.2 Å². The highest BCUT2D eigenvalue weighted by Crippen LogP contribution is 2.39. The molecule has 0 spiro atoms. The van der Waals surface area contributed by atoms with Gasteiger partial charge < -0.3 is 11.1 Å². The molecule has 11 heteroatoms. The first-order valence-corrected chi connectivity index (χ1v) is 12.0. The van der Waals surface area contributed by atoms with Crippen molar-refractivity contribution in [1.82, 2.24) is 29.8 Å². The largest absolute Gasteiger partial charge is 0.408 e. The van der Waals surface area contributed by atoms with Crippen LogP contribution in [0, 0.1) is 0 Å². The van der Waals surface area contributed by atoms with Gasteiger partial charge in [0.25, 0.3) is 5.91 Å². The van der Waals surface area contributed by atoms with Crippen LogP contribution in [0.4, 0.5) is 13.2 Å². The zero-order valence-electron chi connectivity index (χ0n) is 20.8. The van der Waals surface area contributed by atoms with E-state index in [2.05, 4.69) is 20.5 Å². The zero-order chi connectivity index (χ0) is 26.5. The Morgan fingerprint density at radius 2 is 1.86 bits per heavy atom. The van der Waals surface area contributed by atoms with Crippen molar-refractivity contribution in [1.29, 1.82) is 0 Å². The Kier molecular flexibility index (Phi) is 6.15. The molecule has 1 aliphatic rings. The predicted octanol–water partition coefficient (Wildman–Crippen LogP) is 4.11. The number of nitrogens with two attached hydrogens (primary N) is 1. The van der Waals surface area contributed by atoms with Gasteiger partial charge in [-0.05, 0) is 57.0 Å². The van der Waals surface area contributed by atoms with Gasteiger partial charge in [0.05, 0.1) is 5.52 Å². The summed E-state index contributed by atoms with van der Waals surface area (Å²) in [5, 5.41) is 12.1. The summed E-state index contributed by atoms with van der Waals surface area (Å²) >= 11 is 0. The van der Waals surface area contributed by atoms with Crippen LogP contribution >= 0.6 is 0 Å². The van der Waals surface area contributed by atoms with E-state index in [0.29, 0.717) is 34.7 Å². The van der Waals surface area contributed by atoms with Crippen molar-refractivity contribution in [3.63, 3.8) is 0 Å². The fourth-order valence-electron chi connectivity index (χ4n) is 4.70. The predicted molar refractivity (Wildman–Crippen MR) is 134 cm³/mol. The van der Waals surface area contributed by atoms with Gasteiger partial charge in [0.1, 0.15) is 11.7 Å². The number of hydrogen-bond donors (Lipinski definition) is 2. The minimum absolute atomic E-state index is 0.0806. The molecule has 1 aliphatic heterocycles. The van der Waals surface area contributed by atoms with Crippen LogP contribution in [0.1, 0.15) is 49.2 Å². The molecule has 5 rings (SSSR count). The summed E-state index contributed by atoms with van der Waals surface area (Å²) < 4.78 is 44.0. The molecule has 1 amide bonds. The molecule has 1 aromatic carbocycles. The van der Waals surface area contributed by atoms with Crippen molar-refractivity contribution in [2.45, 2.75) is 51.0 Å². The van der Waals surface area contributed by atoms with E-state index < -0.39 is 17.8 Å². The maximum Gasteiger partial charge on any atom is 0.408 e. The van der Waals surface area contributed by atoms with E-state index in [1.54, 1.807) is 24.3 Å². The van der Waals surface area contributed by atoms with E-state index in [-0.39, 0.29) is 30.6 Å². The Morgan fingerprint density at radius 1 is 1.11 bits per heavy atom. The molecule has 3 N–H and O–H groups in total. The number of halogens is 3. The lowest BCUT2D eigenvalue weighted by Crippen LogP contribution is -2.40. The highest BCUT2D eigenvalue weighted by atomic mass is 19.4. The van der Waals surface area contributed by atoms with Crippen LogP contribution in [0.25, 0.3) is 28.1 Å². The summed E-state index contributed by atoms with van der Waals surface area (Å²) in [4.78, 5) is 18.7. The number of nitrogens with one attached hydrogen (secondary N) is 1. The number of pyridine rings is 2. The maximum absolute atomic E-state index is 14.1. The second-order valence-corrected chi connectivity index (χ2v) is 10.5. The van der Waals surface area contributed by atoms with Crippen LogP contribution < -0.4 is 11.1 Å². The van der Waals surface area contributed by atoms with E-state index in [9.17, 15) is 18.0 Å². The summed E-state index contributed by atoms with van der Waals surface area (Å²) in [7, 11) is 0. The van der Waals surface area contributed by atoms with Crippen molar-refractivity contribution in [3.8, 4) is 11.5 Å². The standard InChI is InChI=1S/C26H28F3N7O/c1-25(2,3)32-24(37)16-5-4-15-6-8-19(31-20(15)12-16)23-34-33-21-9-7-17(13-36(21)23)22(26(27,28)29)35-11-10-18(30)14-35/h4-9,12-13,18,22H,10-11,14,30H2,1-3H3,(H,32,37)/t18-,22-/m1/s1. The second-order valence-electron chi connectivity index (χ2n) is 10.5.